The number of benzene rings is 2. The fourth-order valence-corrected chi connectivity index (χ4v) is 3.16. The summed E-state index contributed by atoms with van der Waals surface area (Å²) in [7, 11) is 1.98. The minimum absolute atomic E-state index is 0.0184. The molecule has 0 saturated heterocycles. The lowest BCUT2D eigenvalue weighted by Crippen LogP contribution is -2.37. The first kappa shape index (κ1) is 20.6. The highest BCUT2D eigenvalue weighted by atomic mass is 16.6. The summed E-state index contributed by atoms with van der Waals surface area (Å²) in [5.74, 6) is -0.404. The van der Waals surface area contributed by atoms with Crippen molar-refractivity contribution in [2.24, 2.45) is 0 Å². The van der Waals surface area contributed by atoms with Gasteiger partial charge in [-0.15, -0.1) is 0 Å². The molecule has 2 aromatic carbocycles. The molecule has 1 saturated carbocycles. The normalized spacial score (nSPS) is 14.1. The van der Waals surface area contributed by atoms with Crippen molar-refractivity contribution < 1.29 is 14.5 Å². The minimum Gasteiger partial charge on any atom is -0.456 e. The van der Waals surface area contributed by atoms with Crippen molar-refractivity contribution in [2.75, 3.05) is 17.3 Å². The Morgan fingerprint density at radius 1 is 1.17 bits per heavy atom. The molecule has 7 heteroatoms. The van der Waals surface area contributed by atoms with Crippen LogP contribution in [0.3, 0.4) is 0 Å². The van der Waals surface area contributed by atoms with Gasteiger partial charge in [-0.1, -0.05) is 0 Å². The third-order valence-corrected chi connectivity index (χ3v) is 5.01. The number of esters is 1. The van der Waals surface area contributed by atoms with Crippen molar-refractivity contribution in [3.8, 4) is 0 Å². The van der Waals surface area contributed by atoms with E-state index in [1.54, 1.807) is 36.4 Å². The second-order valence-corrected chi connectivity index (χ2v) is 8.36. The molecule has 0 radical (unpaired) electrons. The maximum atomic E-state index is 12.1. The zero-order valence-electron chi connectivity index (χ0n) is 17.3. The predicted octanol–water partition coefficient (Wildman–Crippen LogP) is 5.28. The van der Waals surface area contributed by atoms with Crippen LogP contribution in [0.1, 0.15) is 50.4 Å². The van der Waals surface area contributed by atoms with E-state index in [4.69, 9.17) is 4.74 Å². The Morgan fingerprint density at radius 2 is 1.83 bits per heavy atom. The Hall–Kier alpha value is -3.09. The summed E-state index contributed by atoms with van der Waals surface area (Å²) in [5, 5.41) is 14.7. The highest BCUT2D eigenvalue weighted by Crippen LogP contribution is 2.35. The highest BCUT2D eigenvalue weighted by molar-refractivity contribution is 5.90. The lowest BCUT2D eigenvalue weighted by Gasteiger charge is -2.36. The van der Waals surface area contributed by atoms with Crippen molar-refractivity contribution >= 4 is 28.7 Å². The van der Waals surface area contributed by atoms with Crippen LogP contribution in [0, 0.1) is 10.1 Å². The van der Waals surface area contributed by atoms with Gasteiger partial charge in [0.25, 0.3) is 5.69 Å². The summed E-state index contributed by atoms with van der Waals surface area (Å²) in [6.45, 7) is 5.43. The second-order valence-electron chi connectivity index (χ2n) is 8.36. The van der Waals surface area contributed by atoms with E-state index in [1.807, 2.05) is 33.9 Å². The molecule has 0 unspecified atom stereocenters. The van der Waals surface area contributed by atoms with Crippen LogP contribution >= 0.6 is 0 Å². The molecule has 7 nitrogen and oxygen atoms in total. The molecular weight excluding hydrogens is 370 g/mol. The van der Waals surface area contributed by atoms with Crippen molar-refractivity contribution in [3.05, 3.63) is 58.1 Å². The topological polar surface area (TPSA) is 84.7 Å². The van der Waals surface area contributed by atoms with E-state index in [9.17, 15) is 14.9 Å². The fourth-order valence-electron chi connectivity index (χ4n) is 3.16. The number of carbonyl (C=O) groups is 1. The molecule has 0 aromatic heterocycles. The molecule has 1 fully saturated rings. The number of ether oxygens (including phenoxy) is 1. The lowest BCUT2D eigenvalue weighted by atomic mass is 9.91. The summed E-state index contributed by atoms with van der Waals surface area (Å²) in [5.41, 5.74) is 1.78. The number of nitro groups is 1. The molecule has 1 aliphatic carbocycles. The second kappa shape index (κ2) is 8.11. The smallest absolute Gasteiger partial charge is 0.338 e. The van der Waals surface area contributed by atoms with Crippen LogP contribution in [-0.2, 0) is 4.74 Å². The van der Waals surface area contributed by atoms with E-state index in [0.29, 0.717) is 23.0 Å². The largest absolute Gasteiger partial charge is 0.456 e. The summed E-state index contributed by atoms with van der Waals surface area (Å²) >= 11 is 0. The first-order chi connectivity index (χ1) is 13.6. The molecule has 154 valence electrons. The maximum absolute atomic E-state index is 12.1. The molecule has 3 rings (SSSR count). The predicted molar refractivity (Wildman–Crippen MR) is 114 cm³/mol. The SMILES string of the molecule is CN(c1ccc(Nc2ccc(C(=O)OC(C)(C)C)cc2)c([N+](=O)[O-])c1)C1CCC1. The molecule has 0 atom stereocenters. The molecule has 0 spiro atoms. The average molecular weight is 397 g/mol. The third-order valence-electron chi connectivity index (χ3n) is 5.01. The van der Waals surface area contributed by atoms with Crippen LogP contribution in [0.25, 0.3) is 0 Å². The number of hydrogen-bond acceptors (Lipinski definition) is 6. The van der Waals surface area contributed by atoms with Gasteiger partial charge in [0.15, 0.2) is 0 Å². The van der Waals surface area contributed by atoms with Gasteiger partial charge in [0.05, 0.1) is 10.5 Å². The van der Waals surface area contributed by atoms with E-state index < -0.39 is 11.6 Å². The third kappa shape index (κ3) is 5.04. The van der Waals surface area contributed by atoms with Gasteiger partial charge in [0.2, 0.25) is 0 Å². The molecular formula is C22H27N3O4. The van der Waals surface area contributed by atoms with E-state index in [-0.39, 0.29) is 10.6 Å². The summed E-state index contributed by atoms with van der Waals surface area (Å²) < 4.78 is 5.35. The number of carbonyl (C=O) groups excluding carboxylic acids is 1. The van der Waals surface area contributed by atoms with E-state index >= 15 is 0 Å². The number of nitrogens with one attached hydrogen (secondary N) is 1. The van der Waals surface area contributed by atoms with Gasteiger partial charge in [0, 0.05) is 30.5 Å². The number of anilines is 3. The van der Waals surface area contributed by atoms with Gasteiger partial charge in [-0.2, -0.15) is 0 Å². The van der Waals surface area contributed by atoms with Crippen LogP contribution in [0.4, 0.5) is 22.7 Å². The summed E-state index contributed by atoms with van der Waals surface area (Å²) in [4.78, 5) is 25.5. The molecule has 0 heterocycles. The first-order valence-corrected chi connectivity index (χ1v) is 9.76. The first-order valence-electron chi connectivity index (χ1n) is 9.76. The zero-order chi connectivity index (χ0) is 21.2. The molecule has 0 amide bonds. The van der Waals surface area contributed by atoms with Crippen molar-refractivity contribution in [1.29, 1.82) is 0 Å². The van der Waals surface area contributed by atoms with Crippen LogP contribution in [0.2, 0.25) is 0 Å². The number of nitrogens with zero attached hydrogens (tertiary/aromatic N) is 2. The Kier molecular flexibility index (Phi) is 5.77. The van der Waals surface area contributed by atoms with Gasteiger partial charge < -0.3 is 15.0 Å². The highest BCUT2D eigenvalue weighted by Gasteiger charge is 2.24. The molecule has 2 aromatic rings. The standard InChI is InChI=1S/C22H27N3O4/c1-22(2,3)29-21(26)15-8-10-16(11-9-15)23-19-13-12-18(14-20(19)25(27)28)24(4)17-6-5-7-17/h8-14,17,23H,5-7H2,1-4H3. The molecule has 1 aliphatic rings. The summed E-state index contributed by atoms with van der Waals surface area (Å²) in [6, 6.07) is 12.4. The van der Waals surface area contributed by atoms with Gasteiger partial charge in [-0.3, -0.25) is 10.1 Å². The van der Waals surface area contributed by atoms with Crippen LogP contribution in [0.15, 0.2) is 42.5 Å². The average Bonchev–Trinajstić information content (AvgIpc) is 2.59. The number of hydrogen-bond donors (Lipinski definition) is 1. The van der Waals surface area contributed by atoms with Crippen molar-refractivity contribution in [1.82, 2.24) is 0 Å². The zero-order valence-corrected chi connectivity index (χ0v) is 17.3. The maximum Gasteiger partial charge on any atom is 0.338 e. The van der Waals surface area contributed by atoms with Gasteiger partial charge in [-0.05, 0) is 76.4 Å². The molecule has 0 aliphatic heterocycles. The Morgan fingerprint density at radius 3 is 2.34 bits per heavy atom. The van der Waals surface area contributed by atoms with Crippen molar-refractivity contribution in [2.45, 2.75) is 51.7 Å². The number of nitro benzene ring substituents is 1. The van der Waals surface area contributed by atoms with E-state index in [0.717, 1.165) is 18.5 Å². The Labute approximate surface area is 170 Å². The molecule has 0 bridgehead atoms. The minimum atomic E-state index is -0.566. The van der Waals surface area contributed by atoms with Crippen LogP contribution in [-0.4, -0.2) is 29.6 Å². The Bertz CT molecular complexity index is 899. The van der Waals surface area contributed by atoms with Crippen LogP contribution in [0.5, 0.6) is 0 Å². The van der Waals surface area contributed by atoms with Crippen LogP contribution < -0.4 is 10.2 Å². The fraction of sp³-hybridized carbons (Fsp3) is 0.409. The van der Waals surface area contributed by atoms with E-state index in [2.05, 4.69) is 10.2 Å². The summed E-state index contributed by atoms with van der Waals surface area (Å²) in [6.07, 6.45) is 3.44. The quantitative estimate of drug-likeness (QED) is 0.405. The van der Waals surface area contributed by atoms with Crippen molar-refractivity contribution in [3.63, 3.8) is 0 Å². The van der Waals surface area contributed by atoms with E-state index in [1.165, 1.54) is 6.42 Å². The Balaban J connectivity index is 1.77. The molecule has 29 heavy (non-hydrogen) atoms. The monoisotopic (exact) mass is 397 g/mol. The number of rotatable bonds is 6. The van der Waals surface area contributed by atoms with Gasteiger partial charge >= 0.3 is 5.97 Å². The van der Waals surface area contributed by atoms with Gasteiger partial charge in [-0.25, -0.2) is 4.79 Å². The van der Waals surface area contributed by atoms with Gasteiger partial charge in [0.1, 0.15) is 11.3 Å². The lowest BCUT2D eigenvalue weighted by molar-refractivity contribution is -0.383. The molecule has 1 N–H and O–H groups in total.